The molecule has 8 heteroatoms. The predicted molar refractivity (Wildman–Crippen MR) is 124 cm³/mol. The summed E-state index contributed by atoms with van der Waals surface area (Å²) in [7, 11) is 0. The fourth-order valence-electron chi connectivity index (χ4n) is 3.55. The van der Waals surface area contributed by atoms with Crippen LogP contribution in [-0.2, 0) is 11.8 Å². The first-order chi connectivity index (χ1) is 14.8. The quantitative estimate of drug-likeness (QED) is 0.342. The van der Waals surface area contributed by atoms with Crippen molar-refractivity contribution in [2.24, 2.45) is 0 Å². The van der Waals surface area contributed by atoms with Crippen LogP contribution in [0.4, 0.5) is 0 Å². The van der Waals surface area contributed by atoms with Crippen molar-refractivity contribution in [2.45, 2.75) is 58.3 Å². The first-order valence-corrected chi connectivity index (χ1v) is 11.2. The first kappa shape index (κ1) is 23.4. The first-order valence-electron chi connectivity index (χ1n) is 10.5. The summed E-state index contributed by atoms with van der Waals surface area (Å²) in [6, 6.07) is 8.88. The number of rotatable bonds is 10. The van der Waals surface area contributed by atoms with E-state index in [1.807, 2.05) is 6.07 Å². The molecule has 0 spiro atoms. The van der Waals surface area contributed by atoms with Gasteiger partial charge in [0, 0.05) is 27.1 Å². The number of phenolic OH excluding ortho intramolecular Hbond substituents is 1. The zero-order valence-corrected chi connectivity index (χ0v) is 19.6. The Morgan fingerprint density at radius 3 is 2.42 bits per heavy atom. The van der Waals surface area contributed by atoms with E-state index < -0.39 is 0 Å². The molecular formula is C23H28Cl2N4O2. The van der Waals surface area contributed by atoms with E-state index in [1.165, 1.54) is 0 Å². The average molecular weight is 463 g/mol. The minimum atomic E-state index is -0.103. The lowest BCUT2D eigenvalue weighted by atomic mass is 9.86. The minimum Gasteiger partial charge on any atom is -0.507 e. The van der Waals surface area contributed by atoms with Gasteiger partial charge in [0.05, 0.1) is 6.61 Å². The number of ether oxygens (including phenoxy) is 1. The Kier molecular flexibility index (Phi) is 7.79. The predicted octanol–water partition coefficient (Wildman–Crippen LogP) is 6.36. The second kappa shape index (κ2) is 10.3. The van der Waals surface area contributed by atoms with E-state index in [4.69, 9.17) is 27.9 Å². The molecule has 0 radical (unpaired) electrons. The van der Waals surface area contributed by atoms with Gasteiger partial charge in [-0.15, -0.1) is 10.2 Å². The lowest BCUT2D eigenvalue weighted by Gasteiger charge is -2.20. The van der Waals surface area contributed by atoms with Crippen molar-refractivity contribution in [3.8, 4) is 22.6 Å². The summed E-state index contributed by atoms with van der Waals surface area (Å²) in [4.78, 5) is 0. The van der Waals surface area contributed by atoms with E-state index in [2.05, 4.69) is 41.4 Å². The Balaban J connectivity index is 1.56. The molecule has 0 unspecified atom stereocenters. The molecule has 0 bridgehead atoms. The van der Waals surface area contributed by atoms with Gasteiger partial charge in [-0.2, -0.15) is 5.21 Å². The van der Waals surface area contributed by atoms with Crippen LogP contribution in [0.25, 0.3) is 11.1 Å². The van der Waals surface area contributed by atoms with E-state index in [1.54, 1.807) is 24.3 Å². The van der Waals surface area contributed by atoms with Gasteiger partial charge in [-0.1, -0.05) is 62.0 Å². The summed E-state index contributed by atoms with van der Waals surface area (Å²) in [5.41, 5.74) is 2.40. The highest BCUT2D eigenvalue weighted by molar-refractivity contribution is 6.35. The summed E-state index contributed by atoms with van der Waals surface area (Å²) in [6.07, 6.45) is 4.77. The second-order valence-electron chi connectivity index (χ2n) is 8.27. The van der Waals surface area contributed by atoms with Crippen LogP contribution in [0.3, 0.4) is 0 Å². The van der Waals surface area contributed by atoms with E-state index >= 15 is 0 Å². The van der Waals surface area contributed by atoms with Crippen LogP contribution in [0.5, 0.6) is 11.5 Å². The normalized spacial score (nSPS) is 11.6. The van der Waals surface area contributed by atoms with Crippen LogP contribution in [-0.4, -0.2) is 32.3 Å². The third-order valence-corrected chi connectivity index (χ3v) is 5.82. The Labute approximate surface area is 192 Å². The van der Waals surface area contributed by atoms with Crippen LogP contribution in [0.1, 0.15) is 57.8 Å². The van der Waals surface area contributed by atoms with Crippen LogP contribution in [0.2, 0.25) is 10.0 Å². The minimum absolute atomic E-state index is 0.103. The van der Waals surface area contributed by atoms with Gasteiger partial charge in [0.1, 0.15) is 11.5 Å². The molecule has 0 fully saturated rings. The number of nitrogens with one attached hydrogen (secondary N) is 1. The summed E-state index contributed by atoms with van der Waals surface area (Å²) >= 11 is 12.2. The Bertz CT molecular complexity index is 987. The largest absolute Gasteiger partial charge is 0.507 e. The van der Waals surface area contributed by atoms with Crippen molar-refractivity contribution in [1.82, 2.24) is 20.6 Å². The Hall–Kier alpha value is -2.31. The van der Waals surface area contributed by atoms with Crippen LogP contribution in [0.15, 0.2) is 30.3 Å². The lowest BCUT2D eigenvalue weighted by Crippen LogP contribution is -2.19. The summed E-state index contributed by atoms with van der Waals surface area (Å²) < 4.78 is 6.00. The molecule has 0 aliphatic heterocycles. The number of unbranched alkanes of at least 4 members (excludes halogenated alkanes) is 2. The van der Waals surface area contributed by atoms with E-state index in [0.717, 1.165) is 49.1 Å². The van der Waals surface area contributed by atoms with Gasteiger partial charge in [-0.25, -0.2) is 0 Å². The molecule has 1 heterocycles. The Morgan fingerprint density at radius 1 is 1.03 bits per heavy atom. The van der Waals surface area contributed by atoms with E-state index in [0.29, 0.717) is 28.0 Å². The Morgan fingerprint density at radius 2 is 1.77 bits per heavy atom. The highest BCUT2D eigenvalue weighted by Gasteiger charge is 2.24. The number of aryl methyl sites for hydroxylation is 1. The van der Waals surface area contributed by atoms with Gasteiger partial charge in [0.15, 0.2) is 5.82 Å². The summed E-state index contributed by atoms with van der Waals surface area (Å²) in [5, 5.41) is 26.0. The number of tetrazole rings is 1. The molecule has 0 atom stereocenters. The van der Waals surface area contributed by atoms with E-state index in [9.17, 15) is 5.11 Å². The fraction of sp³-hybridized carbons (Fsp3) is 0.435. The molecule has 3 aromatic rings. The standard InChI is InChI=1S/C23H28Cl2N4O2/c1-4-15-12-19(16-10-17(24)13-18(25)11-16)20(30)14-21(15)31-9-7-5-6-8-23(2,3)22-26-28-29-27-22/h10-14,30H,4-9H2,1-3H3,(H,26,27,28,29). The van der Waals surface area contributed by atoms with Crippen molar-refractivity contribution in [3.05, 3.63) is 51.8 Å². The van der Waals surface area contributed by atoms with Crippen molar-refractivity contribution >= 4 is 23.2 Å². The highest BCUT2D eigenvalue weighted by Crippen LogP contribution is 2.38. The van der Waals surface area contributed by atoms with Gasteiger partial charge in [0.2, 0.25) is 0 Å². The number of nitrogens with zero attached hydrogens (tertiary/aromatic N) is 3. The maximum atomic E-state index is 10.6. The molecule has 3 rings (SSSR count). The number of phenols is 1. The number of hydrogen-bond acceptors (Lipinski definition) is 5. The monoisotopic (exact) mass is 462 g/mol. The maximum Gasteiger partial charge on any atom is 0.180 e. The third-order valence-electron chi connectivity index (χ3n) is 5.39. The smallest absolute Gasteiger partial charge is 0.180 e. The highest BCUT2D eigenvalue weighted by atomic mass is 35.5. The number of aromatic hydroxyl groups is 1. The molecule has 31 heavy (non-hydrogen) atoms. The van der Waals surface area contributed by atoms with Crippen molar-refractivity contribution in [1.29, 1.82) is 0 Å². The van der Waals surface area contributed by atoms with Crippen molar-refractivity contribution in [3.63, 3.8) is 0 Å². The lowest BCUT2D eigenvalue weighted by molar-refractivity contribution is 0.296. The van der Waals surface area contributed by atoms with Crippen molar-refractivity contribution in [2.75, 3.05) is 6.61 Å². The zero-order valence-electron chi connectivity index (χ0n) is 18.1. The van der Waals surface area contributed by atoms with Gasteiger partial charge in [-0.05, 0) is 54.7 Å². The van der Waals surface area contributed by atoms with Crippen molar-refractivity contribution < 1.29 is 9.84 Å². The molecule has 0 aliphatic carbocycles. The number of aromatic amines is 1. The number of halogens is 2. The summed E-state index contributed by atoms with van der Waals surface area (Å²) in [6.45, 7) is 6.91. The fourth-order valence-corrected chi connectivity index (χ4v) is 4.08. The molecule has 0 saturated carbocycles. The van der Waals surface area contributed by atoms with Gasteiger partial charge in [-0.3, -0.25) is 0 Å². The molecular weight excluding hydrogens is 435 g/mol. The molecule has 0 amide bonds. The third kappa shape index (κ3) is 6.11. The molecule has 2 aromatic carbocycles. The van der Waals surface area contributed by atoms with Crippen LogP contribution >= 0.6 is 23.2 Å². The molecule has 0 aliphatic rings. The van der Waals surface area contributed by atoms with Crippen LogP contribution in [0, 0.1) is 0 Å². The topological polar surface area (TPSA) is 83.9 Å². The second-order valence-corrected chi connectivity index (χ2v) is 9.14. The van der Waals surface area contributed by atoms with Gasteiger partial charge >= 0.3 is 0 Å². The SMILES string of the molecule is CCc1cc(-c2cc(Cl)cc(Cl)c2)c(O)cc1OCCCCCC(C)(C)c1nn[nH]n1. The number of hydrogen-bond donors (Lipinski definition) is 2. The summed E-state index contributed by atoms with van der Waals surface area (Å²) in [5.74, 6) is 1.60. The molecule has 166 valence electrons. The molecule has 1 aromatic heterocycles. The molecule has 6 nitrogen and oxygen atoms in total. The zero-order chi connectivity index (χ0) is 22.4. The number of aromatic nitrogens is 4. The number of H-pyrrole nitrogens is 1. The average Bonchev–Trinajstić information content (AvgIpc) is 3.26. The molecule has 0 saturated heterocycles. The number of benzene rings is 2. The molecule has 2 N–H and O–H groups in total. The van der Waals surface area contributed by atoms with Gasteiger partial charge < -0.3 is 9.84 Å². The maximum absolute atomic E-state index is 10.6. The van der Waals surface area contributed by atoms with Gasteiger partial charge in [0.25, 0.3) is 0 Å². The van der Waals surface area contributed by atoms with E-state index in [-0.39, 0.29) is 11.2 Å². The van der Waals surface area contributed by atoms with Crippen LogP contribution < -0.4 is 4.74 Å².